The molecule has 1 saturated heterocycles. The maximum Gasteiger partial charge on any atom is 0.150 e. The minimum atomic E-state index is -2.82. The van der Waals surface area contributed by atoms with Crippen LogP contribution in [0.1, 0.15) is 12.0 Å². The van der Waals surface area contributed by atoms with Gasteiger partial charge in [-0.25, -0.2) is 8.42 Å². The van der Waals surface area contributed by atoms with Crippen LogP contribution in [0.2, 0.25) is 0 Å². The van der Waals surface area contributed by atoms with Crippen LogP contribution >= 0.6 is 0 Å². The molecule has 2 unspecified atom stereocenters. The highest BCUT2D eigenvalue weighted by Gasteiger charge is 2.32. The normalized spacial score (nSPS) is 23.2. The Morgan fingerprint density at radius 3 is 2.84 bits per heavy atom. The lowest BCUT2D eigenvalue weighted by Gasteiger charge is -2.22. The van der Waals surface area contributed by atoms with Crippen LogP contribution in [0.15, 0.2) is 24.3 Å². The summed E-state index contributed by atoms with van der Waals surface area (Å²) in [6, 6.07) is 8.14. The number of sulfone groups is 1. The Morgan fingerprint density at radius 2 is 2.26 bits per heavy atom. The van der Waals surface area contributed by atoms with Gasteiger partial charge in [0, 0.05) is 6.04 Å². The largest absolute Gasteiger partial charge is 0.497 e. The molecule has 1 aliphatic rings. The smallest absolute Gasteiger partial charge is 0.150 e. The molecule has 0 aliphatic carbocycles. The van der Waals surface area contributed by atoms with Gasteiger partial charge < -0.3 is 10.1 Å². The van der Waals surface area contributed by atoms with E-state index in [9.17, 15) is 8.42 Å². The maximum atomic E-state index is 11.6. The predicted octanol–water partition coefficient (Wildman–Crippen LogP) is 1.26. The number of likely N-dealkylation sites (N-methyl/N-ethyl adjacent to an activating group) is 1. The van der Waals surface area contributed by atoms with Crippen molar-refractivity contribution in [2.24, 2.45) is 5.92 Å². The second-order valence-electron chi connectivity index (χ2n) is 5.11. The fourth-order valence-electron chi connectivity index (χ4n) is 2.70. The molecule has 5 heteroatoms. The van der Waals surface area contributed by atoms with Crippen molar-refractivity contribution in [3.63, 3.8) is 0 Å². The highest BCUT2D eigenvalue weighted by atomic mass is 32.2. The molecule has 0 amide bonds. The summed E-state index contributed by atoms with van der Waals surface area (Å²) >= 11 is 0. The lowest BCUT2D eigenvalue weighted by atomic mass is 9.93. The van der Waals surface area contributed by atoms with Crippen LogP contribution < -0.4 is 10.1 Å². The third-order valence-electron chi connectivity index (χ3n) is 3.80. The second-order valence-corrected chi connectivity index (χ2v) is 7.34. The lowest BCUT2D eigenvalue weighted by Crippen LogP contribution is -2.36. The van der Waals surface area contributed by atoms with Crippen molar-refractivity contribution in [3.8, 4) is 5.75 Å². The van der Waals surface area contributed by atoms with Crippen molar-refractivity contribution in [1.82, 2.24) is 5.32 Å². The summed E-state index contributed by atoms with van der Waals surface area (Å²) in [5.74, 6) is 1.68. The molecule has 0 aromatic heterocycles. The summed E-state index contributed by atoms with van der Waals surface area (Å²) in [7, 11) is 0.729. The van der Waals surface area contributed by atoms with E-state index in [0.717, 1.165) is 18.6 Å². The van der Waals surface area contributed by atoms with E-state index in [1.165, 1.54) is 5.56 Å². The number of benzene rings is 1. The van der Waals surface area contributed by atoms with Crippen LogP contribution in [0.5, 0.6) is 5.75 Å². The summed E-state index contributed by atoms with van der Waals surface area (Å²) in [5.41, 5.74) is 1.17. The first-order chi connectivity index (χ1) is 9.04. The summed E-state index contributed by atoms with van der Waals surface area (Å²) in [6.45, 7) is 0. The van der Waals surface area contributed by atoms with Crippen molar-refractivity contribution in [2.45, 2.75) is 18.9 Å². The average Bonchev–Trinajstić information content (AvgIpc) is 2.76. The first-order valence-corrected chi connectivity index (χ1v) is 8.37. The fourth-order valence-corrected chi connectivity index (χ4v) is 4.58. The summed E-state index contributed by atoms with van der Waals surface area (Å²) in [4.78, 5) is 0. The van der Waals surface area contributed by atoms with Gasteiger partial charge in [0.15, 0.2) is 9.84 Å². The zero-order valence-electron chi connectivity index (χ0n) is 11.4. The van der Waals surface area contributed by atoms with Crippen LogP contribution in [-0.4, -0.2) is 40.1 Å². The molecule has 2 rings (SSSR count). The highest BCUT2D eigenvalue weighted by Crippen LogP contribution is 2.24. The minimum absolute atomic E-state index is 0.199. The van der Waals surface area contributed by atoms with Crippen molar-refractivity contribution in [3.05, 3.63) is 29.8 Å². The summed E-state index contributed by atoms with van der Waals surface area (Å²) < 4.78 is 28.3. The van der Waals surface area contributed by atoms with Gasteiger partial charge in [-0.3, -0.25) is 0 Å². The quantitative estimate of drug-likeness (QED) is 0.884. The SMILES string of the molecule is CNC(Cc1cccc(OC)c1)C1CCS(=O)(=O)C1. The second kappa shape index (κ2) is 5.92. The Hall–Kier alpha value is -1.07. The van der Waals surface area contributed by atoms with E-state index in [4.69, 9.17) is 4.74 Å². The zero-order chi connectivity index (χ0) is 13.9. The number of hydrogen-bond donors (Lipinski definition) is 1. The van der Waals surface area contributed by atoms with E-state index in [1.807, 2.05) is 25.2 Å². The molecule has 1 heterocycles. The van der Waals surface area contributed by atoms with Gasteiger partial charge in [-0.05, 0) is 43.5 Å². The Balaban J connectivity index is 2.06. The van der Waals surface area contributed by atoms with Crippen LogP contribution in [0.4, 0.5) is 0 Å². The van der Waals surface area contributed by atoms with Gasteiger partial charge >= 0.3 is 0 Å². The lowest BCUT2D eigenvalue weighted by molar-refractivity contribution is 0.398. The van der Waals surface area contributed by atoms with E-state index in [1.54, 1.807) is 7.11 Å². The molecule has 4 nitrogen and oxygen atoms in total. The molecule has 1 aromatic rings. The third kappa shape index (κ3) is 3.70. The van der Waals surface area contributed by atoms with E-state index in [2.05, 4.69) is 11.4 Å². The topological polar surface area (TPSA) is 55.4 Å². The molecule has 106 valence electrons. The van der Waals surface area contributed by atoms with Crippen molar-refractivity contribution in [2.75, 3.05) is 25.7 Å². The maximum absolute atomic E-state index is 11.6. The molecular formula is C14H21NO3S. The summed E-state index contributed by atoms with van der Waals surface area (Å²) in [5, 5.41) is 3.26. The van der Waals surface area contributed by atoms with E-state index in [0.29, 0.717) is 11.5 Å². The Kier molecular flexibility index (Phi) is 4.47. The molecular weight excluding hydrogens is 262 g/mol. The number of methoxy groups -OCH3 is 1. The zero-order valence-corrected chi connectivity index (χ0v) is 12.2. The first-order valence-electron chi connectivity index (χ1n) is 6.54. The molecule has 0 bridgehead atoms. The van der Waals surface area contributed by atoms with Crippen LogP contribution in [0, 0.1) is 5.92 Å². The van der Waals surface area contributed by atoms with E-state index in [-0.39, 0.29) is 12.0 Å². The molecule has 1 aromatic carbocycles. The number of rotatable bonds is 5. The fraction of sp³-hybridized carbons (Fsp3) is 0.571. The van der Waals surface area contributed by atoms with Crippen LogP contribution in [-0.2, 0) is 16.3 Å². The van der Waals surface area contributed by atoms with Gasteiger partial charge in [-0.2, -0.15) is 0 Å². The van der Waals surface area contributed by atoms with E-state index >= 15 is 0 Å². The van der Waals surface area contributed by atoms with Gasteiger partial charge in [0.1, 0.15) is 5.75 Å². The standard InChI is InChI=1S/C14H21NO3S/c1-15-14(12-6-7-19(16,17)10-12)9-11-4-3-5-13(8-11)18-2/h3-5,8,12,14-15H,6-7,9-10H2,1-2H3. The molecule has 1 fully saturated rings. The van der Waals surface area contributed by atoms with Crippen LogP contribution in [0.3, 0.4) is 0 Å². The molecule has 0 spiro atoms. The monoisotopic (exact) mass is 283 g/mol. The third-order valence-corrected chi connectivity index (χ3v) is 5.59. The molecule has 0 radical (unpaired) electrons. The van der Waals surface area contributed by atoms with Gasteiger partial charge in [0.25, 0.3) is 0 Å². The number of nitrogens with one attached hydrogen (secondary N) is 1. The minimum Gasteiger partial charge on any atom is -0.497 e. The molecule has 1 N–H and O–H groups in total. The molecule has 19 heavy (non-hydrogen) atoms. The first kappa shape index (κ1) is 14.3. The van der Waals surface area contributed by atoms with Gasteiger partial charge in [-0.15, -0.1) is 0 Å². The van der Waals surface area contributed by atoms with Crippen molar-refractivity contribution in [1.29, 1.82) is 0 Å². The van der Waals surface area contributed by atoms with Crippen molar-refractivity contribution >= 4 is 9.84 Å². The predicted molar refractivity (Wildman–Crippen MR) is 76.3 cm³/mol. The average molecular weight is 283 g/mol. The highest BCUT2D eigenvalue weighted by molar-refractivity contribution is 7.91. The van der Waals surface area contributed by atoms with Crippen LogP contribution in [0.25, 0.3) is 0 Å². The molecule has 1 aliphatic heterocycles. The van der Waals surface area contributed by atoms with Gasteiger partial charge in [-0.1, -0.05) is 12.1 Å². The Bertz CT molecular complexity index is 527. The van der Waals surface area contributed by atoms with E-state index < -0.39 is 9.84 Å². The Morgan fingerprint density at radius 1 is 1.47 bits per heavy atom. The number of ether oxygens (including phenoxy) is 1. The summed E-state index contributed by atoms with van der Waals surface area (Å²) in [6.07, 6.45) is 1.59. The van der Waals surface area contributed by atoms with Gasteiger partial charge in [0.2, 0.25) is 0 Å². The molecule has 0 saturated carbocycles. The van der Waals surface area contributed by atoms with Crippen molar-refractivity contribution < 1.29 is 13.2 Å². The Labute approximate surface area is 115 Å². The number of hydrogen-bond acceptors (Lipinski definition) is 4. The van der Waals surface area contributed by atoms with Gasteiger partial charge in [0.05, 0.1) is 18.6 Å². The molecule has 2 atom stereocenters.